The number of carbonyl (C=O) groups is 2. The summed E-state index contributed by atoms with van der Waals surface area (Å²) in [6.45, 7) is -0.0824. The number of rotatable bonds is 6. The lowest BCUT2D eigenvalue weighted by molar-refractivity contribution is -0.124. The summed E-state index contributed by atoms with van der Waals surface area (Å²) in [6, 6.07) is 22.1. The van der Waals surface area contributed by atoms with Crippen LogP contribution < -0.4 is 5.32 Å². The molecule has 0 aliphatic heterocycles. The fraction of sp³-hybridized carbons (Fsp3) is 0.0769. The quantitative estimate of drug-likeness (QED) is 0.393. The lowest BCUT2D eigenvalue weighted by atomic mass is 9.99. The zero-order valence-electron chi connectivity index (χ0n) is 17.5. The van der Waals surface area contributed by atoms with E-state index >= 15 is 0 Å². The van der Waals surface area contributed by atoms with Crippen molar-refractivity contribution in [2.75, 3.05) is 6.61 Å². The first-order valence-electron chi connectivity index (χ1n) is 10.4. The predicted octanol–water partition coefficient (Wildman–Crippen LogP) is 4.52. The maximum absolute atomic E-state index is 12.9. The average Bonchev–Trinajstić information content (AvgIpc) is 3.30. The molecule has 0 radical (unpaired) electrons. The first-order chi connectivity index (χ1) is 16.2. The number of nitrogens with one attached hydrogen (secondary N) is 1. The molecule has 0 atom stereocenters. The number of fused-ring (bicyclic) bond motifs is 2. The fourth-order valence-electron chi connectivity index (χ4n) is 3.64. The molecule has 0 fully saturated rings. The van der Waals surface area contributed by atoms with Crippen molar-refractivity contribution >= 4 is 33.7 Å². The van der Waals surface area contributed by atoms with Crippen LogP contribution in [0, 0.1) is 0 Å². The van der Waals surface area contributed by atoms with E-state index in [1.165, 1.54) is 0 Å². The molecular weight excluding hydrogens is 418 g/mol. The molecule has 162 valence electrons. The molecule has 5 aromatic rings. The van der Waals surface area contributed by atoms with Gasteiger partial charge in [0.2, 0.25) is 5.89 Å². The van der Waals surface area contributed by atoms with Gasteiger partial charge in [0.05, 0.1) is 5.56 Å². The van der Waals surface area contributed by atoms with Crippen molar-refractivity contribution in [1.82, 2.24) is 15.3 Å². The predicted molar refractivity (Wildman–Crippen MR) is 123 cm³/mol. The standard InChI is InChI=1S/C26H19N3O4/c30-23(28-15-17-6-5-13-27-14-17)16-32-26(31)20-10-4-8-18-7-3-9-19(24(18)20)25-29-21-11-1-2-12-22(21)33-25/h1-14H,15-16H2,(H,28,30). The Morgan fingerprint density at radius 1 is 0.939 bits per heavy atom. The number of esters is 1. The van der Waals surface area contributed by atoms with Gasteiger partial charge in [0.25, 0.3) is 5.91 Å². The number of aromatic nitrogens is 2. The monoisotopic (exact) mass is 437 g/mol. The van der Waals surface area contributed by atoms with E-state index in [2.05, 4.69) is 15.3 Å². The molecule has 3 aromatic carbocycles. The van der Waals surface area contributed by atoms with Crippen molar-refractivity contribution in [3.05, 3.63) is 96.3 Å². The zero-order chi connectivity index (χ0) is 22.6. The van der Waals surface area contributed by atoms with E-state index in [1.807, 2.05) is 54.6 Å². The maximum Gasteiger partial charge on any atom is 0.339 e. The van der Waals surface area contributed by atoms with Crippen LogP contribution in [0.1, 0.15) is 15.9 Å². The number of benzene rings is 3. The molecule has 0 unspecified atom stereocenters. The van der Waals surface area contributed by atoms with Crippen LogP contribution in [0.4, 0.5) is 0 Å². The number of amides is 1. The Bertz CT molecular complexity index is 1420. The van der Waals surface area contributed by atoms with Crippen LogP contribution in [0.2, 0.25) is 0 Å². The highest BCUT2D eigenvalue weighted by Crippen LogP contribution is 2.33. The highest BCUT2D eigenvalue weighted by atomic mass is 16.5. The van der Waals surface area contributed by atoms with Gasteiger partial charge in [-0.15, -0.1) is 0 Å². The summed E-state index contributed by atoms with van der Waals surface area (Å²) in [4.78, 5) is 33.7. The molecule has 5 rings (SSSR count). The molecule has 7 heteroatoms. The maximum atomic E-state index is 12.9. The summed E-state index contributed by atoms with van der Waals surface area (Å²) in [5, 5.41) is 4.21. The minimum absolute atomic E-state index is 0.306. The number of ether oxygens (including phenoxy) is 1. The smallest absolute Gasteiger partial charge is 0.339 e. The average molecular weight is 437 g/mol. The van der Waals surface area contributed by atoms with E-state index in [4.69, 9.17) is 9.15 Å². The van der Waals surface area contributed by atoms with Crippen molar-refractivity contribution in [1.29, 1.82) is 0 Å². The first kappa shape index (κ1) is 20.4. The Balaban J connectivity index is 1.38. The number of oxazole rings is 1. The van der Waals surface area contributed by atoms with Crippen LogP contribution >= 0.6 is 0 Å². The van der Waals surface area contributed by atoms with Gasteiger partial charge in [0.15, 0.2) is 12.2 Å². The zero-order valence-corrected chi connectivity index (χ0v) is 17.5. The first-order valence-corrected chi connectivity index (χ1v) is 10.4. The van der Waals surface area contributed by atoms with Gasteiger partial charge in [-0.1, -0.05) is 42.5 Å². The Morgan fingerprint density at radius 3 is 2.61 bits per heavy atom. The second kappa shape index (κ2) is 8.92. The summed E-state index contributed by atoms with van der Waals surface area (Å²) in [5.74, 6) is -0.580. The van der Waals surface area contributed by atoms with Crippen molar-refractivity contribution in [3.63, 3.8) is 0 Å². The summed E-state index contributed by atoms with van der Waals surface area (Å²) in [5.41, 5.74) is 3.27. The third kappa shape index (κ3) is 4.29. The molecule has 2 aromatic heterocycles. The lowest BCUT2D eigenvalue weighted by Gasteiger charge is -2.10. The summed E-state index contributed by atoms with van der Waals surface area (Å²) in [6.07, 6.45) is 3.32. The van der Waals surface area contributed by atoms with Gasteiger partial charge >= 0.3 is 5.97 Å². The van der Waals surface area contributed by atoms with E-state index in [9.17, 15) is 9.59 Å². The Hall–Kier alpha value is -4.52. The van der Waals surface area contributed by atoms with E-state index < -0.39 is 11.9 Å². The molecule has 33 heavy (non-hydrogen) atoms. The van der Waals surface area contributed by atoms with E-state index in [0.717, 1.165) is 16.5 Å². The third-order valence-electron chi connectivity index (χ3n) is 5.20. The van der Waals surface area contributed by atoms with Crippen LogP contribution in [0.15, 0.2) is 89.6 Å². The van der Waals surface area contributed by atoms with Crippen LogP contribution in [-0.2, 0) is 16.1 Å². The molecule has 0 spiro atoms. The Morgan fingerprint density at radius 2 is 1.79 bits per heavy atom. The molecule has 2 heterocycles. The van der Waals surface area contributed by atoms with Crippen LogP contribution in [0.25, 0.3) is 33.3 Å². The number of hydrogen-bond donors (Lipinski definition) is 1. The number of para-hydroxylation sites is 2. The second-order valence-electron chi connectivity index (χ2n) is 7.41. The van der Waals surface area contributed by atoms with Crippen molar-refractivity contribution in [2.24, 2.45) is 0 Å². The largest absolute Gasteiger partial charge is 0.452 e. The molecular formula is C26H19N3O4. The lowest BCUT2D eigenvalue weighted by Crippen LogP contribution is -2.28. The van der Waals surface area contributed by atoms with Gasteiger partial charge < -0.3 is 14.5 Å². The molecule has 0 aliphatic carbocycles. The van der Waals surface area contributed by atoms with Crippen LogP contribution in [0.5, 0.6) is 0 Å². The normalized spacial score (nSPS) is 10.9. The van der Waals surface area contributed by atoms with E-state index in [1.54, 1.807) is 30.6 Å². The van der Waals surface area contributed by atoms with Gasteiger partial charge in [-0.3, -0.25) is 9.78 Å². The van der Waals surface area contributed by atoms with Gasteiger partial charge in [-0.2, -0.15) is 0 Å². The van der Waals surface area contributed by atoms with Crippen molar-refractivity contribution in [3.8, 4) is 11.5 Å². The number of carbonyl (C=O) groups excluding carboxylic acids is 2. The number of nitrogens with zero attached hydrogens (tertiary/aromatic N) is 2. The highest BCUT2D eigenvalue weighted by Gasteiger charge is 2.19. The second-order valence-corrected chi connectivity index (χ2v) is 7.41. The van der Waals surface area contributed by atoms with Crippen LogP contribution in [0.3, 0.4) is 0 Å². The highest BCUT2D eigenvalue weighted by molar-refractivity contribution is 6.10. The molecule has 7 nitrogen and oxygen atoms in total. The minimum atomic E-state index is -0.597. The molecule has 0 bridgehead atoms. The SMILES string of the molecule is O=C(COC(=O)c1cccc2cccc(-c3nc4ccccc4o3)c12)NCc1cccnc1. The summed E-state index contributed by atoms with van der Waals surface area (Å²) >= 11 is 0. The summed E-state index contributed by atoms with van der Waals surface area (Å²) < 4.78 is 11.3. The van der Waals surface area contributed by atoms with E-state index in [-0.39, 0.29) is 6.61 Å². The molecule has 0 saturated heterocycles. The number of hydrogen-bond acceptors (Lipinski definition) is 6. The van der Waals surface area contributed by atoms with Crippen LogP contribution in [-0.4, -0.2) is 28.5 Å². The van der Waals surface area contributed by atoms with E-state index in [0.29, 0.717) is 34.5 Å². The van der Waals surface area contributed by atoms with Crippen molar-refractivity contribution < 1.29 is 18.7 Å². The van der Waals surface area contributed by atoms with Gasteiger partial charge in [-0.05, 0) is 41.3 Å². The number of pyridine rings is 1. The third-order valence-corrected chi connectivity index (χ3v) is 5.20. The minimum Gasteiger partial charge on any atom is -0.452 e. The fourth-order valence-corrected chi connectivity index (χ4v) is 3.64. The molecule has 0 aliphatic rings. The van der Waals surface area contributed by atoms with Gasteiger partial charge in [0, 0.05) is 29.9 Å². The summed E-state index contributed by atoms with van der Waals surface area (Å²) in [7, 11) is 0. The van der Waals surface area contributed by atoms with Gasteiger partial charge in [0.1, 0.15) is 5.52 Å². The van der Waals surface area contributed by atoms with Crippen molar-refractivity contribution in [2.45, 2.75) is 6.54 Å². The topological polar surface area (TPSA) is 94.3 Å². The Kier molecular flexibility index (Phi) is 5.51. The molecule has 0 saturated carbocycles. The van der Waals surface area contributed by atoms with Gasteiger partial charge in [-0.25, -0.2) is 9.78 Å². The molecule has 1 N–H and O–H groups in total. The molecule has 1 amide bonds. The Labute approximate surface area is 189 Å².